The van der Waals surface area contributed by atoms with Crippen molar-refractivity contribution >= 4 is 11.7 Å². The summed E-state index contributed by atoms with van der Waals surface area (Å²) in [5.41, 5.74) is 1.81. The first-order chi connectivity index (χ1) is 12.1. The zero-order valence-corrected chi connectivity index (χ0v) is 15.0. The van der Waals surface area contributed by atoms with Crippen LogP contribution in [0.4, 0.5) is 5.82 Å². The molecule has 0 aliphatic carbocycles. The van der Waals surface area contributed by atoms with Gasteiger partial charge in [0.25, 0.3) is 0 Å². The summed E-state index contributed by atoms with van der Waals surface area (Å²) in [4.78, 5) is 23.5. The molecule has 2 aromatic rings. The van der Waals surface area contributed by atoms with Crippen LogP contribution < -0.4 is 10.2 Å². The number of carbonyl (C=O) groups is 1. The van der Waals surface area contributed by atoms with E-state index in [1.165, 1.54) is 5.56 Å². The third-order valence-corrected chi connectivity index (χ3v) is 4.90. The highest BCUT2D eigenvalue weighted by atomic mass is 16.2. The van der Waals surface area contributed by atoms with Crippen LogP contribution in [0.25, 0.3) is 0 Å². The molecule has 1 N–H and O–H groups in total. The van der Waals surface area contributed by atoms with Gasteiger partial charge in [-0.05, 0) is 38.7 Å². The first-order valence-electron chi connectivity index (χ1n) is 8.93. The van der Waals surface area contributed by atoms with Crippen molar-refractivity contribution in [2.45, 2.75) is 33.1 Å². The van der Waals surface area contributed by atoms with Gasteiger partial charge in [0, 0.05) is 31.4 Å². The van der Waals surface area contributed by atoms with Crippen molar-refractivity contribution in [3.63, 3.8) is 0 Å². The predicted molar refractivity (Wildman–Crippen MR) is 99.5 cm³/mol. The van der Waals surface area contributed by atoms with Crippen LogP contribution in [0.5, 0.6) is 0 Å². The quantitative estimate of drug-likeness (QED) is 0.911. The number of nitrogens with one attached hydrogen (secondary N) is 1. The minimum Gasteiger partial charge on any atom is -0.355 e. The molecule has 1 aromatic carbocycles. The Morgan fingerprint density at radius 3 is 2.84 bits per heavy atom. The second kappa shape index (κ2) is 7.64. The number of anilines is 1. The summed E-state index contributed by atoms with van der Waals surface area (Å²) in [5, 5.41) is 3.13. The number of nitrogens with zero attached hydrogens (tertiary/aromatic N) is 3. The van der Waals surface area contributed by atoms with Crippen LogP contribution in [0.3, 0.4) is 0 Å². The molecular formula is C20H26N4O. The van der Waals surface area contributed by atoms with Crippen LogP contribution in [-0.2, 0) is 11.2 Å². The summed E-state index contributed by atoms with van der Waals surface area (Å²) in [6.45, 7) is 6.32. The van der Waals surface area contributed by atoms with Crippen molar-refractivity contribution in [3.05, 3.63) is 54.0 Å². The third kappa shape index (κ3) is 4.35. The summed E-state index contributed by atoms with van der Waals surface area (Å²) in [7, 11) is 0. The Morgan fingerprint density at radius 1 is 1.28 bits per heavy atom. The normalized spacial score (nSPS) is 20.3. The molecule has 0 radical (unpaired) electrons. The smallest absolute Gasteiger partial charge is 0.227 e. The number of hydrogen-bond donors (Lipinski definition) is 1. The molecule has 1 atom stereocenters. The Kier molecular flexibility index (Phi) is 5.31. The van der Waals surface area contributed by atoms with Gasteiger partial charge in [-0.3, -0.25) is 4.79 Å². The maximum Gasteiger partial charge on any atom is 0.227 e. The molecule has 0 saturated carbocycles. The van der Waals surface area contributed by atoms with E-state index in [0.29, 0.717) is 13.1 Å². The molecule has 5 nitrogen and oxygen atoms in total. The van der Waals surface area contributed by atoms with Crippen LogP contribution in [0.15, 0.2) is 42.7 Å². The SMILES string of the molecule is Cc1cc(N2CCC[C@@](C)(C(=O)NCCc3ccccc3)C2)ncn1. The van der Waals surface area contributed by atoms with Gasteiger partial charge in [0.05, 0.1) is 5.41 Å². The van der Waals surface area contributed by atoms with E-state index in [1.54, 1.807) is 6.33 Å². The predicted octanol–water partition coefficient (Wildman–Crippen LogP) is 2.75. The highest BCUT2D eigenvalue weighted by Crippen LogP contribution is 2.31. The van der Waals surface area contributed by atoms with Crippen LogP contribution in [0.1, 0.15) is 31.0 Å². The van der Waals surface area contributed by atoms with Crippen molar-refractivity contribution in [2.75, 3.05) is 24.5 Å². The topological polar surface area (TPSA) is 58.1 Å². The fraction of sp³-hybridized carbons (Fsp3) is 0.450. The number of aromatic nitrogens is 2. The summed E-state index contributed by atoms with van der Waals surface area (Å²) < 4.78 is 0. The molecule has 5 heteroatoms. The number of piperidine rings is 1. The van der Waals surface area contributed by atoms with E-state index < -0.39 is 0 Å². The summed E-state index contributed by atoms with van der Waals surface area (Å²) >= 11 is 0. The molecule has 2 heterocycles. The van der Waals surface area contributed by atoms with Crippen LogP contribution in [0, 0.1) is 12.3 Å². The Hall–Kier alpha value is -2.43. The van der Waals surface area contributed by atoms with Gasteiger partial charge >= 0.3 is 0 Å². The minimum atomic E-state index is -0.381. The van der Waals surface area contributed by atoms with Gasteiger partial charge in [-0.25, -0.2) is 9.97 Å². The second-order valence-corrected chi connectivity index (χ2v) is 7.09. The van der Waals surface area contributed by atoms with Crippen molar-refractivity contribution in [2.24, 2.45) is 5.41 Å². The molecule has 132 valence electrons. The number of hydrogen-bond acceptors (Lipinski definition) is 4. The standard InChI is InChI=1S/C20H26N4O/c1-16-13-18(23-15-22-16)24-12-6-10-20(2,14-24)19(25)21-11-9-17-7-4-3-5-8-17/h3-5,7-8,13,15H,6,9-12,14H2,1-2H3,(H,21,25)/t20-/m1/s1. The minimum absolute atomic E-state index is 0.138. The highest BCUT2D eigenvalue weighted by Gasteiger charge is 2.38. The van der Waals surface area contributed by atoms with Gasteiger partial charge < -0.3 is 10.2 Å². The summed E-state index contributed by atoms with van der Waals surface area (Å²) in [6.07, 6.45) is 4.35. The molecule has 1 saturated heterocycles. The monoisotopic (exact) mass is 338 g/mol. The van der Waals surface area contributed by atoms with E-state index >= 15 is 0 Å². The van der Waals surface area contributed by atoms with Crippen molar-refractivity contribution in [1.82, 2.24) is 15.3 Å². The lowest BCUT2D eigenvalue weighted by atomic mass is 9.81. The molecule has 3 rings (SSSR count). The van der Waals surface area contributed by atoms with Crippen LogP contribution in [-0.4, -0.2) is 35.5 Å². The largest absolute Gasteiger partial charge is 0.355 e. The Labute approximate surface area is 149 Å². The number of aryl methyl sites for hydroxylation is 1. The fourth-order valence-electron chi connectivity index (χ4n) is 3.41. The molecule has 0 bridgehead atoms. The molecule has 1 fully saturated rings. The third-order valence-electron chi connectivity index (χ3n) is 4.90. The Bertz CT molecular complexity index is 719. The van der Waals surface area contributed by atoms with E-state index in [2.05, 4.69) is 39.2 Å². The van der Waals surface area contributed by atoms with Crippen LogP contribution >= 0.6 is 0 Å². The maximum absolute atomic E-state index is 12.8. The molecule has 0 spiro atoms. The van der Waals surface area contributed by atoms with Gasteiger partial charge in [0.15, 0.2) is 0 Å². The van der Waals surface area contributed by atoms with Crippen molar-refractivity contribution in [3.8, 4) is 0 Å². The first-order valence-corrected chi connectivity index (χ1v) is 8.93. The van der Waals surface area contributed by atoms with E-state index in [9.17, 15) is 4.79 Å². The molecule has 1 aliphatic heterocycles. The number of rotatable bonds is 5. The second-order valence-electron chi connectivity index (χ2n) is 7.09. The van der Waals surface area contributed by atoms with Crippen molar-refractivity contribution in [1.29, 1.82) is 0 Å². The van der Waals surface area contributed by atoms with Gasteiger partial charge in [-0.1, -0.05) is 30.3 Å². The van der Waals surface area contributed by atoms with E-state index in [1.807, 2.05) is 31.2 Å². The number of benzene rings is 1. The fourth-order valence-corrected chi connectivity index (χ4v) is 3.41. The first kappa shape index (κ1) is 17.4. The molecule has 1 aliphatic rings. The van der Waals surface area contributed by atoms with E-state index in [-0.39, 0.29) is 11.3 Å². The average molecular weight is 338 g/mol. The Morgan fingerprint density at radius 2 is 2.08 bits per heavy atom. The molecule has 0 unspecified atom stereocenters. The average Bonchev–Trinajstić information content (AvgIpc) is 2.62. The lowest BCUT2D eigenvalue weighted by Crippen LogP contribution is -2.51. The van der Waals surface area contributed by atoms with Gasteiger partial charge in [-0.15, -0.1) is 0 Å². The number of carbonyl (C=O) groups excluding carboxylic acids is 1. The zero-order chi connectivity index (χ0) is 17.7. The summed E-state index contributed by atoms with van der Waals surface area (Å²) in [6, 6.07) is 12.2. The lowest BCUT2D eigenvalue weighted by molar-refractivity contribution is -0.130. The molecular weight excluding hydrogens is 312 g/mol. The maximum atomic E-state index is 12.8. The number of amides is 1. The lowest BCUT2D eigenvalue weighted by Gasteiger charge is -2.40. The molecule has 1 amide bonds. The van der Waals surface area contributed by atoms with E-state index in [0.717, 1.165) is 37.3 Å². The van der Waals surface area contributed by atoms with Crippen LogP contribution in [0.2, 0.25) is 0 Å². The zero-order valence-electron chi connectivity index (χ0n) is 15.0. The van der Waals surface area contributed by atoms with Gasteiger partial charge in [0.2, 0.25) is 5.91 Å². The molecule has 25 heavy (non-hydrogen) atoms. The van der Waals surface area contributed by atoms with Gasteiger partial charge in [-0.2, -0.15) is 0 Å². The van der Waals surface area contributed by atoms with Gasteiger partial charge in [0.1, 0.15) is 12.1 Å². The Balaban J connectivity index is 1.59. The highest BCUT2D eigenvalue weighted by molar-refractivity contribution is 5.83. The summed E-state index contributed by atoms with van der Waals surface area (Å²) in [5.74, 6) is 1.05. The van der Waals surface area contributed by atoms with Crippen molar-refractivity contribution < 1.29 is 4.79 Å². The van der Waals surface area contributed by atoms with E-state index in [4.69, 9.17) is 0 Å². The molecule has 1 aromatic heterocycles.